The molecular weight excluding hydrogens is 262 g/mol. The first-order valence-corrected chi connectivity index (χ1v) is 7.64. The summed E-state index contributed by atoms with van der Waals surface area (Å²) in [4.78, 5) is 12.1. The van der Waals surface area contributed by atoms with Gasteiger partial charge in [0.25, 0.3) is 5.91 Å². The molecule has 118 valence electrons. The Bertz CT molecular complexity index is 469. The zero-order chi connectivity index (χ0) is 16.3. The van der Waals surface area contributed by atoms with Gasteiger partial charge in [0, 0.05) is 5.54 Å². The maximum absolute atomic E-state index is 12.1. The second-order valence-corrected chi connectivity index (χ2v) is 7.26. The van der Waals surface area contributed by atoms with Gasteiger partial charge in [0.2, 0.25) is 0 Å². The van der Waals surface area contributed by atoms with E-state index in [1.807, 2.05) is 26.0 Å². The minimum absolute atomic E-state index is 0.0817. The van der Waals surface area contributed by atoms with Crippen molar-refractivity contribution in [1.82, 2.24) is 5.32 Å². The van der Waals surface area contributed by atoms with Crippen LogP contribution in [0.2, 0.25) is 0 Å². The Hall–Kier alpha value is -1.51. The molecule has 0 bridgehead atoms. The average molecular weight is 291 g/mol. The van der Waals surface area contributed by atoms with Crippen molar-refractivity contribution in [1.29, 1.82) is 0 Å². The van der Waals surface area contributed by atoms with Gasteiger partial charge < -0.3 is 10.1 Å². The Labute approximate surface area is 129 Å². The maximum Gasteiger partial charge on any atom is 0.261 e. The topological polar surface area (TPSA) is 38.3 Å². The second-order valence-electron chi connectivity index (χ2n) is 7.26. The Balaban J connectivity index is 2.67. The van der Waals surface area contributed by atoms with Crippen LogP contribution >= 0.6 is 0 Å². The third-order valence-corrected chi connectivity index (χ3v) is 3.75. The van der Waals surface area contributed by atoms with Crippen molar-refractivity contribution >= 4 is 5.91 Å². The van der Waals surface area contributed by atoms with Gasteiger partial charge in [-0.1, -0.05) is 39.8 Å². The van der Waals surface area contributed by atoms with E-state index < -0.39 is 6.10 Å². The van der Waals surface area contributed by atoms with Crippen LogP contribution in [0, 0.1) is 0 Å². The summed E-state index contributed by atoms with van der Waals surface area (Å²) >= 11 is 0. The van der Waals surface area contributed by atoms with Gasteiger partial charge in [-0.05, 0) is 50.3 Å². The highest BCUT2D eigenvalue weighted by Gasteiger charge is 2.23. The minimum atomic E-state index is -0.503. The molecule has 3 nitrogen and oxygen atoms in total. The zero-order valence-corrected chi connectivity index (χ0v) is 14.4. The number of carbonyl (C=O) groups is 1. The van der Waals surface area contributed by atoms with E-state index in [1.54, 1.807) is 6.92 Å². The molecular formula is C18H29NO2. The first kappa shape index (κ1) is 17.5. The van der Waals surface area contributed by atoms with E-state index in [1.165, 1.54) is 5.56 Å². The van der Waals surface area contributed by atoms with Crippen molar-refractivity contribution < 1.29 is 9.53 Å². The molecule has 0 spiro atoms. The molecule has 0 fully saturated rings. The van der Waals surface area contributed by atoms with Crippen molar-refractivity contribution in [3.8, 4) is 5.75 Å². The van der Waals surface area contributed by atoms with Crippen LogP contribution in [-0.2, 0) is 10.2 Å². The van der Waals surface area contributed by atoms with Crippen LogP contribution in [0.15, 0.2) is 24.3 Å². The van der Waals surface area contributed by atoms with Crippen LogP contribution in [0.1, 0.15) is 60.5 Å². The summed E-state index contributed by atoms with van der Waals surface area (Å²) < 4.78 is 5.72. The molecule has 1 amide bonds. The Kier molecular flexibility index (Phi) is 5.43. The summed E-state index contributed by atoms with van der Waals surface area (Å²) in [6, 6.07) is 7.95. The van der Waals surface area contributed by atoms with Crippen molar-refractivity contribution in [3.05, 3.63) is 29.8 Å². The summed E-state index contributed by atoms with van der Waals surface area (Å²) in [5.74, 6) is 0.640. The largest absolute Gasteiger partial charge is 0.481 e. The van der Waals surface area contributed by atoms with E-state index in [4.69, 9.17) is 4.74 Å². The Morgan fingerprint density at radius 3 is 2.10 bits per heavy atom. The van der Waals surface area contributed by atoms with E-state index in [9.17, 15) is 4.79 Å². The van der Waals surface area contributed by atoms with E-state index >= 15 is 0 Å². The lowest BCUT2D eigenvalue weighted by molar-refractivity contribution is -0.128. The van der Waals surface area contributed by atoms with Gasteiger partial charge in [-0.25, -0.2) is 0 Å². The van der Waals surface area contributed by atoms with Gasteiger partial charge >= 0.3 is 0 Å². The third-order valence-electron chi connectivity index (χ3n) is 3.75. The monoisotopic (exact) mass is 291 g/mol. The molecule has 0 aromatic heterocycles. The van der Waals surface area contributed by atoms with Crippen LogP contribution in [0.5, 0.6) is 5.75 Å². The predicted molar refractivity (Wildman–Crippen MR) is 87.7 cm³/mol. The van der Waals surface area contributed by atoms with Crippen LogP contribution in [-0.4, -0.2) is 17.6 Å². The van der Waals surface area contributed by atoms with Crippen molar-refractivity contribution in [3.63, 3.8) is 0 Å². The van der Waals surface area contributed by atoms with Crippen LogP contribution < -0.4 is 10.1 Å². The number of carbonyl (C=O) groups excluding carboxylic acids is 1. The van der Waals surface area contributed by atoms with Crippen molar-refractivity contribution in [2.45, 2.75) is 71.9 Å². The zero-order valence-electron chi connectivity index (χ0n) is 14.4. The predicted octanol–water partition coefficient (Wildman–Crippen LogP) is 4.06. The first-order chi connectivity index (χ1) is 9.55. The molecule has 1 atom stereocenters. The highest BCUT2D eigenvalue weighted by atomic mass is 16.5. The van der Waals surface area contributed by atoms with Gasteiger partial charge in [0.05, 0.1) is 0 Å². The van der Waals surface area contributed by atoms with E-state index in [0.717, 1.165) is 12.2 Å². The molecule has 0 heterocycles. The lowest BCUT2D eigenvalue weighted by Gasteiger charge is -2.26. The molecule has 0 saturated carbocycles. The van der Waals surface area contributed by atoms with Crippen LogP contribution in [0.4, 0.5) is 0 Å². The smallest absolute Gasteiger partial charge is 0.261 e. The quantitative estimate of drug-likeness (QED) is 0.888. The highest BCUT2D eigenvalue weighted by molar-refractivity contribution is 5.81. The number of rotatable bonds is 5. The highest BCUT2D eigenvalue weighted by Crippen LogP contribution is 2.24. The summed E-state index contributed by atoms with van der Waals surface area (Å²) in [6.45, 7) is 14.4. The SMILES string of the molecule is CCC(C)(C)NC(=O)C(C)Oc1ccc(C(C)(C)C)cc1. The molecule has 0 radical (unpaired) electrons. The summed E-state index contributed by atoms with van der Waals surface area (Å²) in [5.41, 5.74) is 1.16. The number of hydrogen-bond donors (Lipinski definition) is 1. The number of benzene rings is 1. The summed E-state index contributed by atoms with van der Waals surface area (Å²) in [6.07, 6.45) is 0.377. The Morgan fingerprint density at radius 2 is 1.67 bits per heavy atom. The molecule has 1 unspecified atom stereocenters. The van der Waals surface area contributed by atoms with Gasteiger partial charge in [0.15, 0.2) is 6.10 Å². The van der Waals surface area contributed by atoms with Gasteiger partial charge in [-0.2, -0.15) is 0 Å². The van der Waals surface area contributed by atoms with Crippen molar-refractivity contribution in [2.75, 3.05) is 0 Å². The fraction of sp³-hybridized carbons (Fsp3) is 0.611. The van der Waals surface area contributed by atoms with Gasteiger partial charge in [-0.15, -0.1) is 0 Å². The number of ether oxygens (including phenoxy) is 1. The number of hydrogen-bond acceptors (Lipinski definition) is 2. The van der Waals surface area contributed by atoms with E-state index in [2.05, 4.69) is 45.1 Å². The lowest BCUT2D eigenvalue weighted by Crippen LogP contribution is -2.48. The first-order valence-electron chi connectivity index (χ1n) is 7.64. The molecule has 1 N–H and O–H groups in total. The maximum atomic E-state index is 12.1. The molecule has 0 aliphatic rings. The van der Waals surface area contributed by atoms with Crippen LogP contribution in [0.3, 0.4) is 0 Å². The van der Waals surface area contributed by atoms with Gasteiger partial charge in [0.1, 0.15) is 5.75 Å². The fourth-order valence-electron chi connectivity index (χ4n) is 1.81. The lowest BCUT2D eigenvalue weighted by atomic mass is 9.87. The summed E-state index contributed by atoms with van der Waals surface area (Å²) in [7, 11) is 0. The fourth-order valence-corrected chi connectivity index (χ4v) is 1.81. The van der Waals surface area contributed by atoms with E-state index in [-0.39, 0.29) is 16.9 Å². The van der Waals surface area contributed by atoms with Crippen molar-refractivity contribution in [2.24, 2.45) is 0 Å². The molecule has 21 heavy (non-hydrogen) atoms. The molecule has 0 aliphatic heterocycles. The standard InChI is InChI=1S/C18H29NO2/c1-8-18(6,7)19-16(20)13(2)21-15-11-9-14(10-12-15)17(3,4)5/h9-13H,8H2,1-7H3,(H,19,20). The molecule has 1 aromatic carbocycles. The number of amides is 1. The number of nitrogens with one attached hydrogen (secondary N) is 1. The normalized spacial score (nSPS) is 13.7. The molecule has 0 aliphatic carbocycles. The Morgan fingerprint density at radius 1 is 1.14 bits per heavy atom. The second kappa shape index (κ2) is 6.50. The third kappa shape index (κ3) is 5.41. The van der Waals surface area contributed by atoms with Gasteiger partial charge in [-0.3, -0.25) is 4.79 Å². The minimum Gasteiger partial charge on any atom is -0.481 e. The molecule has 0 saturated heterocycles. The molecule has 1 rings (SSSR count). The van der Waals surface area contributed by atoms with E-state index in [0.29, 0.717) is 0 Å². The van der Waals surface area contributed by atoms with Crippen LogP contribution in [0.25, 0.3) is 0 Å². The summed E-state index contributed by atoms with van der Waals surface area (Å²) in [5, 5.41) is 3.00. The average Bonchev–Trinajstić information content (AvgIpc) is 2.37. The molecule has 1 aromatic rings. The molecule has 3 heteroatoms.